The van der Waals surface area contributed by atoms with Crippen molar-refractivity contribution >= 4 is 57.7 Å². The van der Waals surface area contributed by atoms with E-state index in [0.29, 0.717) is 42.4 Å². The highest BCUT2D eigenvalue weighted by atomic mass is 35.5. The molecule has 0 aliphatic rings. The number of halogens is 2. The average molecular weight is 466 g/mol. The van der Waals surface area contributed by atoms with Crippen molar-refractivity contribution in [3.05, 3.63) is 103 Å². The molecule has 0 unspecified atom stereocenters. The number of benzene rings is 2. The summed E-state index contributed by atoms with van der Waals surface area (Å²) in [5, 5.41) is 5.39. The van der Waals surface area contributed by atoms with Gasteiger partial charge in [0, 0.05) is 16.7 Å². The standard InChI is InChI=1S/C23H13Cl2N3O2S/c24-15-7-9-18(25)17(12-15)19-10-8-16(30-19)13-20-22(29)28-23(31-20)26-21(27-28)11-6-14-4-2-1-3-5-14/h1-13H/b11-6+,20-13-. The molecule has 5 rings (SSSR count). The van der Waals surface area contributed by atoms with Crippen LogP contribution in [0.1, 0.15) is 17.1 Å². The number of hydrogen-bond donors (Lipinski definition) is 0. The van der Waals surface area contributed by atoms with Gasteiger partial charge in [-0.15, -0.1) is 5.10 Å². The summed E-state index contributed by atoms with van der Waals surface area (Å²) in [5.41, 5.74) is 1.48. The molecule has 0 aliphatic carbocycles. The van der Waals surface area contributed by atoms with Crippen LogP contribution in [0.5, 0.6) is 0 Å². The third-order valence-corrected chi connectivity index (χ3v) is 6.04. The summed E-state index contributed by atoms with van der Waals surface area (Å²) in [5.74, 6) is 1.57. The van der Waals surface area contributed by atoms with Crippen LogP contribution in [0.15, 0.2) is 69.9 Å². The fourth-order valence-corrected chi connectivity index (χ4v) is 4.32. The van der Waals surface area contributed by atoms with Gasteiger partial charge in [0.1, 0.15) is 16.1 Å². The van der Waals surface area contributed by atoms with Crippen LogP contribution in [0.4, 0.5) is 0 Å². The van der Waals surface area contributed by atoms with Crippen LogP contribution in [0.25, 0.3) is 34.5 Å². The Bertz CT molecular complexity index is 1530. The fraction of sp³-hybridized carbons (Fsp3) is 0. The van der Waals surface area contributed by atoms with Crippen LogP contribution in [0.2, 0.25) is 10.0 Å². The van der Waals surface area contributed by atoms with E-state index in [1.54, 1.807) is 42.5 Å². The molecular weight excluding hydrogens is 453 g/mol. The lowest BCUT2D eigenvalue weighted by Crippen LogP contribution is -2.23. The molecule has 8 heteroatoms. The maximum atomic E-state index is 12.7. The highest BCUT2D eigenvalue weighted by molar-refractivity contribution is 7.15. The molecule has 0 fully saturated rings. The van der Waals surface area contributed by atoms with Gasteiger partial charge in [-0.1, -0.05) is 70.9 Å². The molecule has 0 amide bonds. The molecule has 2 aromatic carbocycles. The summed E-state index contributed by atoms with van der Waals surface area (Å²) in [6.07, 6.45) is 5.36. The van der Waals surface area contributed by atoms with E-state index in [0.717, 1.165) is 5.56 Å². The Morgan fingerprint density at radius 2 is 1.84 bits per heavy atom. The maximum Gasteiger partial charge on any atom is 0.291 e. The number of hydrogen-bond acceptors (Lipinski definition) is 5. The summed E-state index contributed by atoms with van der Waals surface area (Å²) in [7, 11) is 0. The normalized spacial score (nSPS) is 12.4. The van der Waals surface area contributed by atoms with Crippen LogP contribution >= 0.6 is 34.5 Å². The van der Waals surface area contributed by atoms with Crippen molar-refractivity contribution in [2.45, 2.75) is 0 Å². The quantitative estimate of drug-likeness (QED) is 0.354. The van der Waals surface area contributed by atoms with Gasteiger partial charge in [-0.3, -0.25) is 4.79 Å². The molecule has 5 nitrogen and oxygen atoms in total. The molecule has 0 atom stereocenters. The van der Waals surface area contributed by atoms with Crippen molar-refractivity contribution < 1.29 is 4.42 Å². The van der Waals surface area contributed by atoms with E-state index in [1.807, 2.05) is 36.4 Å². The molecule has 152 valence electrons. The summed E-state index contributed by atoms with van der Waals surface area (Å²) >= 11 is 13.6. The smallest absolute Gasteiger partial charge is 0.291 e. The Labute approximate surface area is 190 Å². The molecule has 3 heterocycles. The zero-order valence-electron chi connectivity index (χ0n) is 15.8. The minimum absolute atomic E-state index is 0.245. The molecular formula is C23H13Cl2N3O2S. The Kier molecular flexibility index (Phi) is 5.19. The lowest BCUT2D eigenvalue weighted by Gasteiger charge is -2.00. The number of furan rings is 1. The average Bonchev–Trinajstić information content (AvgIpc) is 3.47. The highest BCUT2D eigenvalue weighted by Crippen LogP contribution is 2.31. The molecule has 0 radical (unpaired) electrons. The number of thiazole rings is 1. The SMILES string of the molecule is O=c1/c(=C/c2ccc(-c3cc(Cl)ccc3Cl)o2)sc2nc(/C=C/c3ccccc3)nn12. The second kappa shape index (κ2) is 8.15. The van der Waals surface area contributed by atoms with Crippen molar-refractivity contribution in [3.8, 4) is 11.3 Å². The molecule has 5 aromatic rings. The third-order valence-electron chi connectivity index (χ3n) is 4.52. The molecule has 31 heavy (non-hydrogen) atoms. The summed E-state index contributed by atoms with van der Waals surface area (Å²) in [4.78, 5) is 17.7. The first-order chi connectivity index (χ1) is 15.1. The molecule has 0 spiro atoms. The zero-order chi connectivity index (χ0) is 21.4. The monoisotopic (exact) mass is 465 g/mol. The third kappa shape index (κ3) is 4.05. The number of fused-ring (bicyclic) bond motifs is 1. The number of aromatic nitrogens is 3. The van der Waals surface area contributed by atoms with Crippen LogP contribution in [0.3, 0.4) is 0 Å². The van der Waals surface area contributed by atoms with Gasteiger partial charge >= 0.3 is 0 Å². The minimum Gasteiger partial charge on any atom is -0.457 e. The van der Waals surface area contributed by atoms with Gasteiger partial charge < -0.3 is 4.42 Å². The van der Waals surface area contributed by atoms with Crippen LogP contribution < -0.4 is 10.1 Å². The number of rotatable bonds is 4. The van der Waals surface area contributed by atoms with Gasteiger partial charge in [0.2, 0.25) is 4.96 Å². The van der Waals surface area contributed by atoms with E-state index in [4.69, 9.17) is 27.6 Å². The molecule has 0 bridgehead atoms. The van der Waals surface area contributed by atoms with Crippen molar-refractivity contribution in [3.63, 3.8) is 0 Å². The molecule has 0 saturated heterocycles. The van der Waals surface area contributed by atoms with Gasteiger partial charge in [0.05, 0.1) is 5.02 Å². The minimum atomic E-state index is -0.245. The van der Waals surface area contributed by atoms with E-state index in [9.17, 15) is 4.79 Å². The zero-order valence-corrected chi connectivity index (χ0v) is 18.2. The van der Waals surface area contributed by atoms with E-state index in [2.05, 4.69) is 10.1 Å². The highest BCUT2D eigenvalue weighted by Gasteiger charge is 2.11. The fourth-order valence-electron chi connectivity index (χ4n) is 3.05. The van der Waals surface area contributed by atoms with Crippen molar-refractivity contribution in [1.29, 1.82) is 0 Å². The Morgan fingerprint density at radius 3 is 2.65 bits per heavy atom. The predicted octanol–water partition coefficient (Wildman–Crippen LogP) is 5.44. The van der Waals surface area contributed by atoms with Crippen molar-refractivity contribution in [2.75, 3.05) is 0 Å². The molecule has 3 aromatic heterocycles. The molecule has 0 N–H and O–H groups in total. The van der Waals surface area contributed by atoms with Gasteiger partial charge in [-0.2, -0.15) is 9.50 Å². The predicted molar refractivity (Wildman–Crippen MR) is 125 cm³/mol. The van der Waals surface area contributed by atoms with Gasteiger partial charge in [-0.05, 0) is 42.0 Å². The Hall–Kier alpha value is -3.19. The van der Waals surface area contributed by atoms with Gasteiger partial charge in [0.15, 0.2) is 5.82 Å². The van der Waals surface area contributed by atoms with Crippen molar-refractivity contribution in [2.24, 2.45) is 0 Å². The lowest BCUT2D eigenvalue weighted by atomic mass is 10.2. The summed E-state index contributed by atoms with van der Waals surface area (Å²) < 4.78 is 7.64. The lowest BCUT2D eigenvalue weighted by molar-refractivity contribution is 0.571. The van der Waals surface area contributed by atoms with Gasteiger partial charge in [0.25, 0.3) is 5.56 Å². The first-order valence-corrected chi connectivity index (χ1v) is 10.8. The molecule has 0 aliphatic heterocycles. The van der Waals surface area contributed by atoms with E-state index in [-0.39, 0.29) is 5.56 Å². The summed E-state index contributed by atoms with van der Waals surface area (Å²) in [6, 6.07) is 18.6. The maximum absolute atomic E-state index is 12.7. The van der Waals surface area contributed by atoms with Gasteiger partial charge in [-0.25, -0.2) is 0 Å². The van der Waals surface area contributed by atoms with Crippen molar-refractivity contribution in [1.82, 2.24) is 14.6 Å². The Balaban J connectivity index is 1.46. The van der Waals surface area contributed by atoms with E-state index in [1.165, 1.54) is 15.9 Å². The Morgan fingerprint density at radius 1 is 1.00 bits per heavy atom. The molecule has 0 saturated carbocycles. The second-order valence-electron chi connectivity index (χ2n) is 6.65. The topological polar surface area (TPSA) is 60.4 Å². The van der Waals surface area contributed by atoms with Crippen LogP contribution in [-0.2, 0) is 0 Å². The second-order valence-corrected chi connectivity index (χ2v) is 8.50. The van der Waals surface area contributed by atoms with Crippen LogP contribution in [0, 0.1) is 0 Å². The number of nitrogens with zero attached hydrogens (tertiary/aromatic N) is 3. The summed E-state index contributed by atoms with van der Waals surface area (Å²) in [6.45, 7) is 0. The first-order valence-electron chi connectivity index (χ1n) is 9.26. The van der Waals surface area contributed by atoms with E-state index < -0.39 is 0 Å². The van der Waals surface area contributed by atoms with Crippen LogP contribution in [-0.4, -0.2) is 14.6 Å². The van der Waals surface area contributed by atoms with E-state index >= 15 is 0 Å². The first kappa shape index (κ1) is 19.8. The largest absolute Gasteiger partial charge is 0.457 e.